The molecule has 0 bridgehead atoms. The molecule has 98 valence electrons. The van der Waals surface area contributed by atoms with E-state index in [1.165, 1.54) is 6.07 Å². The Morgan fingerprint density at radius 2 is 1.95 bits per heavy atom. The van der Waals surface area contributed by atoms with Crippen molar-refractivity contribution in [2.24, 2.45) is 0 Å². The summed E-state index contributed by atoms with van der Waals surface area (Å²) in [4.78, 5) is 11.2. The number of aryl methyl sites for hydroxylation is 1. The summed E-state index contributed by atoms with van der Waals surface area (Å²) in [7, 11) is 0. The molecule has 0 aromatic heterocycles. The standard InChI is InChI=1S/C15H13BrO3/c1-2-10-5-3-4-6-13(10)19-14-9-11(16)7-8-12(14)15(17)18/h3-9H,2H2,1H3,(H,17,18). The van der Waals surface area contributed by atoms with Gasteiger partial charge in [0.1, 0.15) is 17.1 Å². The van der Waals surface area contributed by atoms with Crippen molar-refractivity contribution in [2.45, 2.75) is 13.3 Å². The van der Waals surface area contributed by atoms with E-state index in [0.29, 0.717) is 11.5 Å². The predicted molar refractivity (Wildman–Crippen MR) is 77.0 cm³/mol. The van der Waals surface area contributed by atoms with Crippen LogP contribution >= 0.6 is 15.9 Å². The Hall–Kier alpha value is -1.81. The molecule has 0 aliphatic carbocycles. The number of para-hydroxylation sites is 1. The summed E-state index contributed by atoms with van der Waals surface area (Å²) < 4.78 is 6.54. The number of carboxylic acids is 1. The molecular formula is C15H13BrO3. The fourth-order valence-electron chi connectivity index (χ4n) is 1.77. The van der Waals surface area contributed by atoms with E-state index in [-0.39, 0.29) is 5.56 Å². The molecule has 0 amide bonds. The molecule has 0 radical (unpaired) electrons. The molecule has 19 heavy (non-hydrogen) atoms. The number of hydrogen-bond acceptors (Lipinski definition) is 2. The van der Waals surface area contributed by atoms with Crippen LogP contribution in [0.4, 0.5) is 0 Å². The number of rotatable bonds is 4. The normalized spacial score (nSPS) is 10.2. The fraction of sp³-hybridized carbons (Fsp3) is 0.133. The number of aromatic carboxylic acids is 1. The first-order valence-corrected chi connectivity index (χ1v) is 6.69. The highest BCUT2D eigenvalue weighted by Gasteiger charge is 2.13. The Balaban J connectivity index is 2.42. The highest BCUT2D eigenvalue weighted by atomic mass is 79.9. The highest BCUT2D eigenvalue weighted by Crippen LogP contribution is 2.30. The van der Waals surface area contributed by atoms with Gasteiger partial charge in [0.05, 0.1) is 0 Å². The van der Waals surface area contributed by atoms with E-state index < -0.39 is 5.97 Å². The molecule has 0 saturated heterocycles. The van der Waals surface area contributed by atoms with Crippen molar-refractivity contribution in [1.29, 1.82) is 0 Å². The van der Waals surface area contributed by atoms with Crippen LogP contribution in [0.1, 0.15) is 22.8 Å². The molecule has 0 aliphatic heterocycles. The average molecular weight is 321 g/mol. The molecule has 2 aromatic rings. The minimum atomic E-state index is -1.00. The molecule has 0 unspecified atom stereocenters. The van der Waals surface area contributed by atoms with Gasteiger partial charge in [-0.25, -0.2) is 4.79 Å². The van der Waals surface area contributed by atoms with Crippen LogP contribution in [0.2, 0.25) is 0 Å². The van der Waals surface area contributed by atoms with E-state index >= 15 is 0 Å². The number of halogens is 1. The zero-order valence-electron chi connectivity index (χ0n) is 10.4. The quantitative estimate of drug-likeness (QED) is 0.902. The van der Waals surface area contributed by atoms with Gasteiger partial charge in [-0.2, -0.15) is 0 Å². The summed E-state index contributed by atoms with van der Waals surface area (Å²) >= 11 is 3.32. The van der Waals surface area contributed by atoms with Gasteiger partial charge in [0, 0.05) is 4.47 Å². The Kier molecular flexibility index (Phi) is 4.22. The SMILES string of the molecule is CCc1ccccc1Oc1cc(Br)ccc1C(=O)O. The first-order valence-electron chi connectivity index (χ1n) is 5.90. The van der Waals surface area contributed by atoms with E-state index in [2.05, 4.69) is 15.9 Å². The van der Waals surface area contributed by atoms with E-state index in [9.17, 15) is 4.79 Å². The molecular weight excluding hydrogens is 308 g/mol. The third-order valence-corrected chi connectivity index (χ3v) is 3.24. The Morgan fingerprint density at radius 3 is 2.63 bits per heavy atom. The van der Waals surface area contributed by atoms with Gasteiger partial charge in [0.25, 0.3) is 0 Å². The van der Waals surface area contributed by atoms with Crippen molar-refractivity contribution < 1.29 is 14.6 Å². The first-order chi connectivity index (χ1) is 9.11. The van der Waals surface area contributed by atoms with Crippen LogP contribution in [0.3, 0.4) is 0 Å². The predicted octanol–water partition coefficient (Wildman–Crippen LogP) is 4.50. The number of carbonyl (C=O) groups is 1. The van der Waals surface area contributed by atoms with Crippen LogP contribution in [0.25, 0.3) is 0 Å². The molecule has 2 rings (SSSR count). The summed E-state index contributed by atoms with van der Waals surface area (Å²) in [5.41, 5.74) is 1.19. The lowest BCUT2D eigenvalue weighted by Crippen LogP contribution is -2.00. The lowest BCUT2D eigenvalue weighted by Gasteiger charge is -2.12. The van der Waals surface area contributed by atoms with Crippen molar-refractivity contribution in [3.8, 4) is 11.5 Å². The fourth-order valence-corrected chi connectivity index (χ4v) is 2.11. The summed E-state index contributed by atoms with van der Waals surface area (Å²) in [5.74, 6) is 0.0184. The average Bonchev–Trinajstić information content (AvgIpc) is 2.39. The second kappa shape index (κ2) is 5.89. The van der Waals surface area contributed by atoms with Crippen molar-refractivity contribution in [3.05, 3.63) is 58.1 Å². The van der Waals surface area contributed by atoms with Gasteiger partial charge in [0.2, 0.25) is 0 Å². The van der Waals surface area contributed by atoms with Crippen molar-refractivity contribution in [2.75, 3.05) is 0 Å². The van der Waals surface area contributed by atoms with Crippen LogP contribution in [0.5, 0.6) is 11.5 Å². The highest BCUT2D eigenvalue weighted by molar-refractivity contribution is 9.10. The number of benzene rings is 2. The topological polar surface area (TPSA) is 46.5 Å². The summed E-state index contributed by atoms with van der Waals surface area (Å²) in [6.07, 6.45) is 0.826. The van der Waals surface area contributed by atoms with E-state index in [1.54, 1.807) is 12.1 Å². The molecule has 0 saturated carbocycles. The minimum absolute atomic E-state index is 0.147. The zero-order valence-corrected chi connectivity index (χ0v) is 12.0. The third kappa shape index (κ3) is 3.15. The van der Waals surface area contributed by atoms with E-state index in [0.717, 1.165) is 16.5 Å². The lowest BCUT2D eigenvalue weighted by molar-refractivity contribution is 0.0694. The van der Waals surface area contributed by atoms with Crippen molar-refractivity contribution >= 4 is 21.9 Å². The van der Waals surface area contributed by atoms with Crippen LogP contribution in [0, 0.1) is 0 Å². The molecule has 0 aliphatic rings. The van der Waals surface area contributed by atoms with Crippen LogP contribution in [-0.2, 0) is 6.42 Å². The van der Waals surface area contributed by atoms with Gasteiger partial charge in [-0.1, -0.05) is 41.1 Å². The molecule has 0 fully saturated rings. The summed E-state index contributed by atoms with van der Waals surface area (Å²) in [6.45, 7) is 2.03. The maximum atomic E-state index is 11.2. The molecule has 0 spiro atoms. The van der Waals surface area contributed by atoms with Crippen LogP contribution in [-0.4, -0.2) is 11.1 Å². The monoisotopic (exact) mass is 320 g/mol. The van der Waals surface area contributed by atoms with Gasteiger partial charge in [0.15, 0.2) is 0 Å². The summed E-state index contributed by atoms with van der Waals surface area (Å²) in [6, 6.07) is 12.5. The maximum Gasteiger partial charge on any atom is 0.339 e. The maximum absolute atomic E-state index is 11.2. The second-order valence-electron chi connectivity index (χ2n) is 4.01. The van der Waals surface area contributed by atoms with E-state index in [4.69, 9.17) is 9.84 Å². The molecule has 2 aromatic carbocycles. The lowest BCUT2D eigenvalue weighted by atomic mass is 10.1. The van der Waals surface area contributed by atoms with Crippen molar-refractivity contribution in [3.63, 3.8) is 0 Å². The molecule has 0 heterocycles. The third-order valence-electron chi connectivity index (χ3n) is 2.75. The number of ether oxygens (including phenoxy) is 1. The Morgan fingerprint density at radius 1 is 1.21 bits per heavy atom. The molecule has 4 heteroatoms. The summed E-state index contributed by atoms with van der Waals surface area (Å²) in [5, 5.41) is 9.17. The first kappa shape index (κ1) is 13.6. The van der Waals surface area contributed by atoms with Crippen LogP contribution in [0.15, 0.2) is 46.9 Å². The van der Waals surface area contributed by atoms with Crippen molar-refractivity contribution in [1.82, 2.24) is 0 Å². The Labute approximate surface area is 120 Å². The van der Waals surface area contributed by atoms with Gasteiger partial charge in [-0.15, -0.1) is 0 Å². The van der Waals surface area contributed by atoms with Gasteiger partial charge < -0.3 is 9.84 Å². The molecule has 0 atom stereocenters. The van der Waals surface area contributed by atoms with Crippen LogP contribution < -0.4 is 4.74 Å². The second-order valence-corrected chi connectivity index (χ2v) is 4.92. The zero-order chi connectivity index (χ0) is 13.8. The van der Waals surface area contributed by atoms with Gasteiger partial charge in [-0.3, -0.25) is 0 Å². The molecule has 1 N–H and O–H groups in total. The van der Waals surface area contributed by atoms with Gasteiger partial charge >= 0.3 is 5.97 Å². The smallest absolute Gasteiger partial charge is 0.339 e. The number of carboxylic acid groups (broad SMARTS) is 1. The Bertz CT molecular complexity index is 608. The largest absolute Gasteiger partial charge is 0.478 e. The van der Waals surface area contributed by atoms with Gasteiger partial charge in [-0.05, 0) is 36.2 Å². The minimum Gasteiger partial charge on any atom is -0.478 e. The number of hydrogen-bond donors (Lipinski definition) is 1. The molecule has 3 nitrogen and oxygen atoms in total. The van der Waals surface area contributed by atoms with E-state index in [1.807, 2.05) is 31.2 Å².